The van der Waals surface area contributed by atoms with Gasteiger partial charge in [-0.2, -0.15) is 0 Å². The van der Waals surface area contributed by atoms with Crippen molar-refractivity contribution in [3.05, 3.63) is 34.6 Å². The minimum absolute atomic E-state index is 0.281. The molecule has 0 aromatic heterocycles. The van der Waals surface area contributed by atoms with Crippen LogP contribution in [0, 0.1) is 11.7 Å². The lowest BCUT2D eigenvalue weighted by Gasteiger charge is -2.22. The molecule has 0 spiro atoms. The molecule has 0 amide bonds. The van der Waals surface area contributed by atoms with Crippen molar-refractivity contribution in [2.45, 2.75) is 13.0 Å². The van der Waals surface area contributed by atoms with Gasteiger partial charge < -0.3 is 14.5 Å². The van der Waals surface area contributed by atoms with Crippen molar-refractivity contribution < 1.29 is 9.13 Å². The molecule has 5 heteroatoms. The Morgan fingerprint density at radius 2 is 2.29 bits per heavy atom. The topological polar surface area (TPSA) is 15.7 Å². The summed E-state index contributed by atoms with van der Waals surface area (Å²) in [5.41, 5.74) is 0.981. The molecule has 1 heterocycles. The smallest absolute Gasteiger partial charge is 0.124 e. The summed E-state index contributed by atoms with van der Waals surface area (Å²) in [5, 5.41) is 0.509. The maximum absolute atomic E-state index is 13.0. The molecule has 1 unspecified atom stereocenters. The second-order valence-corrected chi connectivity index (χ2v) is 6.29. The van der Waals surface area contributed by atoms with Gasteiger partial charge in [0.1, 0.15) is 5.82 Å². The highest BCUT2D eigenvalue weighted by molar-refractivity contribution is 6.31. The zero-order chi connectivity index (χ0) is 15.2. The molecule has 1 saturated heterocycles. The molecule has 1 aromatic carbocycles. The predicted molar refractivity (Wildman–Crippen MR) is 84.2 cm³/mol. The molecule has 21 heavy (non-hydrogen) atoms. The lowest BCUT2D eigenvalue weighted by molar-refractivity contribution is 0.157. The first-order chi connectivity index (χ1) is 10.1. The van der Waals surface area contributed by atoms with Gasteiger partial charge in [0.2, 0.25) is 0 Å². The van der Waals surface area contributed by atoms with Crippen molar-refractivity contribution in [3.8, 4) is 0 Å². The van der Waals surface area contributed by atoms with E-state index in [4.69, 9.17) is 16.3 Å². The Kier molecular flexibility index (Phi) is 6.42. The van der Waals surface area contributed by atoms with Gasteiger partial charge in [-0.3, -0.25) is 0 Å². The highest BCUT2D eigenvalue weighted by atomic mass is 35.5. The van der Waals surface area contributed by atoms with E-state index in [0.717, 1.165) is 44.9 Å². The number of ether oxygens (including phenoxy) is 1. The van der Waals surface area contributed by atoms with Crippen LogP contribution < -0.4 is 0 Å². The van der Waals surface area contributed by atoms with Crippen LogP contribution in [0.1, 0.15) is 12.0 Å². The minimum Gasteiger partial charge on any atom is -0.383 e. The van der Waals surface area contributed by atoms with Gasteiger partial charge in [0.15, 0.2) is 0 Å². The van der Waals surface area contributed by atoms with Crippen molar-refractivity contribution in [2.75, 3.05) is 46.9 Å². The highest BCUT2D eigenvalue weighted by Crippen LogP contribution is 2.21. The van der Waals surface area contributed by atoms with Gasteiger partial charge >= 0.3 is 0 Å². The van der Waals surface area contributed by atoms with Gasteiger partial charge in [0, 0.05) is 38.3 Å². The zero-order valence-corrected chi connectivity index (χ0v) is 13.6. The molecule has 1 fully saturated rings. The first kappa shape index (κ1) is 16.7. The SMILES string of the molecule is COCCN1CCC(CN(C)Cc2ccc(F)cc2Cl)C1. The van der Waals surface area contributed by atoms with Crippen LogP contribution in [-0.2, 0) is 11.3 Å². The minimum atomic E-state index is -0.281. The van der Waals surface area contributed by atoms with Crippen molar-refractivity contribution in [2.24, 2.45) is 5.92 Å². The number of likely N-dealkylation sites (tertiary alicyclic amines) is 1. The molecule has 1 aromatic rings. The maximum Gasteiger partial charge on any atom is 0.124 e. The van der Waals surface area contributed by atoms with Gasteiger partial charge in [-0.25, -0.2) is 4.39 Å². The van der Waals surface area contributed by atoms with Crippen LogP contribution in [-0.4, -0.2) is 56.7 Å². The van der Waals surface area contributed by atoms with Crippen LogP contribution >= 0.6 is 11.6 Å². The standard InChI is InChI=1S/C16H24ClFN2O/c1-19(12-14-3-4-15(18)9-16(14)17)10-13-5-6-20(11-13)7-8-21-2/h3-4,9,13H,5-8,10-12H2,1-2H3. The van der Waals surface area contributed by atoms with Crippen molar-refractivity contribution in [1.29, 1.82) is 0 Å². The summed E-state index contributed by atoms with van der Waals surface area (Å²) in [7, 11) is 3.84. The first-order valence-electron chi connectivity index (χ1n) is 7.42. The Bertz CT molecular complexity index is 458. The Morgan fingerprint density at radius 1 is 1.48 bits per heavy atom. The van der Waals surface area contributed by atoms with Crippen LogP contribution in [0.25, 0.3) is 0 Å². The number of hydrogen-bond acceptors (Lipinski definition) is 3. The average molecular weight is 315 g/mol. The monoisotopic (exact) mass is 314 g/mol. The molecule has 0 bridgehead atoms. The molecule has 0 aliphatic carbocycles. The summed E-state index contributed by atoms with van der Waals surface area (Å²) in [5.74, 6) is 0.405. The summed E-state index contributed by atoms with van der Waals surface area (Å²) in [4.78, 5) is 4.72. The van der Waals surface area contributed by atoms with Gasteiger partial charge in [-0.1, -0.05) is 17.7 Å². The third-order valence-corrected chi connectivity index (χ3v) is 4.36. The van der Waals surface area contributed by atoms with Gasteiger partial charge in [0.25, 0.3) is 0 Å². The molecule has 2 rings (SSSR count). The Labute approximate surface area is 131 Å². The molecule has 1 aliphatic rings. The van der Waals surface area contributed by atoms with E-state index in [2.05, 4.69) is 16.8 Å². The second-order valence-electron chi connectivity index (χ2n) is 5.88. The summed E-state index contributed by atoms with van der Waals surface area (Å²) in [6.45, 7) is 5.89. The normalized spacial score (nSPS) is 19.6. The largest absolute Gasteiger partial charge is 0.383 e. The molecule has 3 nitrogen and oxygen atoms in total. The fourth-order valence-corrected chi connectivity index (χ4v) is 3.16. The van der Waals surface area contributed by atoms with Crippen molar-refractivity contribution >= 4 is 11.6 Å². The van der Waals surface area contributed by atoms with E-state index in [1.165, 1.54) is 18.6 Å². The molecule has 0 radical (unpaired) electrons. The molecule has 0 saturated carbocycles. The molecular formula is C16H24ClFN2O. The fraction of sp³-hybridized carbons (Fsp3) is 0.625. The van der Waals surface area contributed by atoms with E-state index in [1.54, 1.807) is 13.2 Å². The number of hydrogen-bond donors (Lipinski definition) is 0. The summed E-state index contributed by atoms with van der Waals surface area (Å²) >= 11 is 6.08. The molecule has 0 N–H and O–H groups in total. The molecule has 1 atom stereocenters. The van der Waals surface area contributed by atoms with Crippen LogP contribution in [0.3, 0.4) is 0 Å². The Balaban J connectivity index is 1.78. The zero-order valence-electron chi connectivity index (χ0n) is 12.8. The van der Waals surface area contributed by atoms with Crippen LogP contribution in [0.5, 0.6) is 0 Å². The van der Waals surface area contributed by atoms with E-state index in [-0.39, 0.29) is 5.82 Å². The van der Waals surface area contributed by atoms with Crippen LogP contribution in [0.15, 0.2) is 18.2 Å². The number of benzene rings is 1. The number of rotatable bonds is 7. The summed E-state index contributed by atoms with van der Waals surface area (Å²) < 4.78 is 18.2. The van der Waals surface area contributed by atoms with E-state index >= 15 is 0 Å². The first-order valence-corrected chi connectivity index (χ1v) is 7.80. The lowest BCUT2D eigenvalue weighted by atomic mass is 10.1. The van der Waals surface area contributed by atoms with Crippen LogP contribution in [0.4, 0.5) is 4.39 Å². The number of methoxy groups -OCH3 is 1. The van der Waals surface area contributed by atoms with E-state index in [9.17, 15) is 4.39 Å². The number of halogens is 2. The van der Waals surface area contributed by atoms with E-state index in [1.807, 2.05) is 0 Å². The average Bonchev–Trinajstić information content (AvgIpc) is 2.87. The maximum atomic E-state index is 13.0. The summed E-state index contributed by atoms with van der Waals surface area (Å²) in [6, 6.07) is 4.62. The third-order valence-electron chi connectivity index (χ3n) is 4.01. The van der Waals surface area contributed by atoms with E-state index in [0.29, 0.717) is 10.9 Å². The quantitative estimate of drug-likeness (QED) is 0.769. The Hall–Kier alpha value is -0.680. The van der Waals surface area contributed by atoms with Gasteiger partial charge in [-0.05, 0) is 43.6 Å². The van der Waals surface area contributed by atoms with Crippen molar-refractivity contribution in [1.82, 2.24) is 9.80 Å². The molecule has 1 aliphatic heterocycles. The second kappa shape index (κ2) is 8.08. The van der Waals surface area contributed by atoms with Gasteiger partial charge in [0.05, 0.1) is 6.61 Å². The molecular weight excluding hydrogens is 291 g/mol. The van der Waals surface area contributed by atoms with Crippen LogP contribution in [0.2, 0.25) is 5.02 Å². The molecule has 118 valence electrons. The van der Waals surface area contributed by atoms with Crippen molar-refractivity contribution in [3.63, 3.8) is 0 Å². The Morgan fingerprint density at radius 3 is 3.00 bits per heavy atom. The third kappa shape index (κ3) is 5.22. The number of nitrogens with zero attached hydrogens (tertiary/aromatic N) is 2. The van der Waals surface area contributed by atoms with Gasteiger partial charge in [-0.15, -0.1) is 0 Å². The highest BCUT2D eigenvalue weighted by Gasteiger charge is 2.23. The fourth-order valence-electron chi connectivity index (χ4n) is 2.93. The lowest BCUT2D eigenvalue weighted by Crippen LogP contribution is -2.29. The van der Waals surface area contributed by atoms with E-state index < -0.39 is 0 Å². The summed E-state index contributed by atoms with van der Waals surface area (Å²) in [6.07, 6.45) is 1.23. The predicted octanol–water partition coefficient (Wildman–Crippen LogP) is 2.88.